The molecule has 4 heteroatoms. The number of ketones is 1. The molecule has 1 aromatic carbocycles. The summed E-state index contributed by atoms with van der Waals surface area (Å²) in [7, 11) is 1.47. The van der Waals surface area contributed by atoms with Crippen LogP contribution in [0.1, 0.15) is 18.1 Å². The lowest BCUT2D eigenvalue weighted by Gasteiger charge is -2.12. The van der Waals surface area contributed by atoms with Crippen molar-refractivity contribution in [2.45, 2.75) is 20.3 Å². The van der Waals surface area contributed by atoms with Crippen LogP contribution in [0.25, 0.3) is 0 Å². The standard InChI is InChI=1S/C11H12ClFO2/c1-6-4-9(13)10(12)8(5-7(2)14)11(6)15-3/h4H,5H2,1-3H3. The third kappa shape index (κ3) is 2.48. The van der Waals surface area contributed by atoms with E-state index in [1.807, 2.05) is 0 Å². The van der Waals surface area contributed by atoms with Crippen LogP contribution in [-0.2, 0) is 11.2 Å². The first-order valence-electron chi connectivity index (χ1n) is 4.48. The average molecular weight is 231 g/mol. The SMILES string of the molecule is COc1c(C)cc(F)c(Cl)c1CC(C)=O. The molecule has 0 saturated carbocycles. The topological polar surface area (TPSA) is 26.3 Å². The van der Waals surface area contributed by atoms with Crippen LogP contribution in [0.4, 0.5) is 4.39 Å². The molecule has 0 aliphatic rings. The highest BCUT2D eigenvalue weighted by molar-refractivity contribution is 6.32. The van der Waals surface area contributed by atoms with Gasteiger partial charge in [0.2, 0.25) is 0 Å². The lowest BCUT2D eigenvalue weighted by atomic mass is 10.0. The molecule has 1 aromatic rings. The molecule has 0 heterocycles. The van der Waals surface area contributed by atoms with Crippen LogP contribution in [-0.4, -0.2) is 12.9 Å². The van der Waals surface area contributed by atoms with Gasteiger partial charge in [0, 0.05) is 12.0 Å². The third-order valence-corrected chi connectivity index (χ3v) is 2.49. The first-order valence-corrected chi connectivity index (χ1v) is 4.86. The fourth-order valence-electron chi connectivity index (χ4n) is 1.49. The minimum atomic E-state index is -0.522. The first kappa shape index (κ1) is 12.0. The number of halogens is 2. The van der Waals surface area contributed by atoms with Gasteiger partial charge in [-0.3, -0.25) is 4.79 Å². The summed E-state index contributed by atoms with van der Waals surface area (Å²) in [6.07, 6.45) is 0.0839. The van der Waals surface area contributed by atoms with E-state index in [0.29, 0.717) is 16.9 Å². The fraction of sp³-hybridized carbons (Fsp3) is 0.364. The molecule has 0 amide bonds. The summed E-state index contributed by atoms with van der Waals surface area (Å²) < 4.78 is 18.4. The van der Waals surface area contributed by atoms with Crippen LogP contribution in [0.5, 0.6) is 5.75 Å². The molecule has 0 unspecified atom stereocenters. The second kappa shape index (κ2) is 4.62. The quantitative estimate of drug-likeness (QED) is 0.798. The van der Waals surface area contributed by atoms with Crippen molar-refractivity contribution < 1.29 is 13.9 Å². The van der Waals surface area contributed by atoms with Crippen LogP contribution in [0, 0.1) is 12.7 Å². The van der Waals surface area contributed by atoms with Crippen LogP contribution in [0.15, 0.2) is 6.07 Å². The molecular weight excluding hydrogens is 219 g/mol. The highest BCUT2D eigenvalue weighted by Gasteiger charge is 2.16. The van der Waals surface area contributed by atoms with Crippen LogP contribution in [0.2, 0.25) is 5.02 Å². The van der Waals surface area contributed by atoms with Crippen LogP contribution >= 0.6 is 11.6 Å². The number of ether oxygens (including phenoxy) is 1. The van der Waals surface area contributed by atoms with Crippen molar-refractivity contribution in [1.82, 2.24) is 0 Å². The Balaban J connectivity index is 3.36. The summed E-state index contributed by atoms with van der Waals surface area (Å²) in [4.78, 5) is 11.0. The largest absolute Gasteiger partial charge is 0.496 e. The van der Waals surface area contributed by atoms with Gasteiger partial charge in [-0.15, -0.1) is 0 Å². The molecule has 0 spiro atoms. The van der Waals surface area contributed by atoms with Crippen molar-refractivity contribution in [2.24, 2.45) is 0 Å². The van der Waals surface area contributed by atoms with E-state index in [4.69, 9.17) is 16.3 Å². The number of aryl methyl sites for hydroxylation is 1. The minimum Gasteiger partial charge on any atom is -0.496 e. The lowest BCUT2D eigenvalue weighted by molar-refractivity contribution is -0.116. The van der Waals surface area contributed by atoms with Gasteiger partial charge in [-0.25, -0.2) is 4.39 Å². The van der Waals surface area contributed by atoms with Crippen molar-refractivity contribution in [3.63, 3.8) is 0 Å². The van der Waals surface area contributed by atoms with Gasteiger partial charge in [0.25, 0.3) is 0 Å². The Hall–Kier alpha value is -1.09. The summed E-state index contributed by atoms with van der Waals surface area (Å²) in [5, 5.41) is -0.0346. The Kier molecular flexibility index (Phi) is 3.69. The van der Waals surface area contributed by atoms with Gasteiger partial charge < -0.3 is 4.74 Å². The van der Waals surface area contributed by atoms with Gasteiger partial charge in [-0.2, -0.15) is 0 Å². The molecule has 0 aliphatic heterocycles. The van der Waals surface area contributed by atoms with E-state index >= 15 is 0 Å². The maximum atomic E-state index is 13.3. The maximum Gasteiger partial charge on any atom is 0.142 e. The Bertz CT molecular complexity index is 402. The number of hydrogen-bond donors (Lipinski definition) is 0. The zero-order valence-corrected chi connectivity index (χ0v) is 9.61. The number of methoxy groups -OCH3 is 1. The summed E-state index contributed by atoms with van der Waals surface area (Å²) in [6.45, 7) is 3.14. The Morgan fingerprint density at radius 2 is 2.20 bits per heavy atom. The molecule has 0 saturated heterocycles. The third-order valence-electron chi connectivity index (χ3n) is 2.08. The molecule has 0 atom stereocenters. The smallest absolute Gasteiger partial charge is 0.142 e. The zero-order chi connectivity index (χ0) is 11.6. The van der Waals surface area contributed by atoms with Gasteiger partial charge in [-0.1, -0.05) is 11.6 Å². The number of hydrogen-bond acceptors (Lipinski definition) is 2. The highest BCUT2D eigenvalue weighted by atomic mass is 35.5. The molecule has 2 nitrogen and oxygen atoms in total. The summed E-state index contributed by atoms with van der Waals surface area (Å²) in [5.41, 5.74) is 1.06. The molecule has 0 aliphatic carbocycles. The number of Topliss-reactive ketones (excluding diaryl/α,β-unsaturated/α-hetero) is 1. The van der Waals surface area contributed by atoms with E-state index in [9.17, 15) is 9.18 Å². The first-order chi connectivity index (χ1) is 6.97. The number of carbonyl (C=O) groups excluding carboxylic acids is 1. The number of benzene rings is 1. The normalized spacial score (nSPS) is 10.2. The lowest BCUT2D eigenvalue weighted by Crippen LogP contribution is -2.03. The van der Waals surface area contributed by atoms with Crippen LogP contribution < -0.4 is 4.74 Å². The monoisotopic (exact) mass is 230 g/mol. The molecule has 0 fully saturated rings. The average Bonchev–Trinajstić information content (AvgIpc) is 2.13. The summed E-state index contributed by atoms with van der Waals surface area (Å²) in [5.74, 6) is -0.122. The molecule has 0 aromatic heterocycles. The van der Waals surface area contributed by atoms with E-state index in [1.165, 1.54) is 20.1 Å². The predicted molar refractivity (Wildman–Crippen MR) is 57.1 cm³/mol. The predicted octanol–water partition coefficient (Wildman–Crippen LogP) is 2.93. The Labute approximate surface area is 93.0 Å². The summed E-state index contributed by atoms with van der Waals surface area (Å²) >= 11 is 5.79. The molecule has 0 bridgehead atoms. The van der Waals surface area contributed by atoms with Gasteiger partial charge in [-0.05, 0) is 25.5 Å². The minimum absolute atomic E-state index is 0.0346. The van der Waals surface area contributed by atoms with E-state index in [0.717, 1.165) is 0 Å². The van der Waals surface area contributed by atoms with Crippen molar-refractivity contribution in [3.05, 3.63) is 28.0 Å². The molecule has 82 valence electrons. The molecular formula is C11H12ClFO2. The second-order valence-electron chi connectivity index (χ2n) is 3.38. The Morgan fingerprint density at radius 3 is 2.67 bits per heavy atom. The Morgan fingerprint density at radius 1 is 1.60 bits per heavy atom. The van der Waals surface area contributed by atoms with Gasteiger partial charge in [0.05, 0.1) is 12.1 Å². The fourth-order valence-corrected chi connectivity index (χ4v) is 1.70. The van der Waals surface area contributed by atoms with Crippen molar-refractivity contribution >= 4 is 17.4 Å². The van der Waals surface area contributed by atoms with Gasteiger partial charge >= 0.3 is 0 Å². The van der Waals surface area contributed by atoms with Crippen molar-refractivity contribution in [1.29, 1.82) is 0 Å². The number of rotatable bonds is 3. The van der Waals surface area contributed by atoms with Crippen molar-refractivity contribution in [3.8, 4) is 5.75 Å². The highest BCUT2D eigenvalue weighted by Crippen LogP contribution is 2.32. The summed E-state index contributed by atoms with van der Waals surface area (Å²) in [6, 6.07) is 1.30. The van der Waals surface area contributed by atoms with E-state index in [2.05, 4.69) is 0 Å². The molecule has 0 N–H and O–H groups in total. The zero-order valence-electron chi connectivity index (χ0n) is 8.86. The maximum absolute atomic E-state index is 13.3. The van der Waals surface area contributed by atoms with Crippen LogP contribution in [0.3, 0.4) is 0 Å². The van der Waals surface area contributed by atoms with E-state index in [-0.39, 0.29) is 17.2 Å². The molecule has 0 radical (unpaired) electrons. The molecule has 1 rings (SSSR count). The van der Waals surface area contributed by atoms with E-state index < -0.39 is 5.82 Å². The van der Waals surface area contributed by atoms with Gasteiger partial charge in [0.1, 0.15) is 17.3 Å². The number of carbonyl (C=O) groups is 1. The van der Waals surface area contributed by atoms with Crippen molar-refractivity contribution in [2.75, 3.05) is 7.11 Å². The van der Waals surface area contributed by atoms with E-state index in [1.54, 1.807) is 6.92 Å². The molecule has 15 heavy (non-hydrogen) atoms. The second-order valence-corrected chi connectivity index (χ2v) is 3.76. The van der Waals surface area contributed by atoms with Gasteiger partial charge in [0.15, 0.2) is 0 Å².